The Labute approximate surface area is 162 Å². The molecule has 3 aromatic rings. The van der Waals surface area contributed by atoms with Crippen molar-refractivity contribution < 1.29 is 9.90 Å². The molecule has 1 aliphatic heterocycles. The Balaban J connectivity index is 1.35. The summed E-state index contributed by atoms with van der Waals surface area (Å²) in [4.78, 5) is 26.9. The fraction of sp³-hybridized carbons (Fsp3) is 0.300. The summed E-state index contributed by atoms with van der Waals surface area (Å²) in [7, 11) is 0. The molecule has 0 bridgehead atoms. The molecule has 4 rings (SSSR count). The van der Waals surface area contributed by atoms with E-state index in [4.69, 9.17) is 0 Å². The number of rotatable bonds is 6. The zero-order chi connectivity index (χ0) is 19.4. The van der Waals surface area contributed by atoms with Crippen LogP contribution in [0.2, 0.25) is 0 Å². The van der Waals surface area contributed by atoms with E-state index in [2.05, 4.69) is 20.3 Å². The van der Waals surface area contributed by atoms with Gasteiger partial charge in [0.1, 0.15) is 11.4 Å². The molecule has 1 fully saturated rings. The van der Waals surface area contributed by atoms with Crippen LogP contribution in [-0.4, -0.2) is 55.8 Å². The summed E-state index contributed by atoms with van der Waals surface area (Å²) in [5.41, 5.74) is 0.603. The average molecular weight is 378 g/mol. The molecule has 8 nitrogen and oxygen atoms in total. The van der Waals surface area contributed by atoms with Crippen molar-refractivity contribution in [1.29, 1.82) is 0 Å². The van der Waals surface area contributed by atoms with E-state index in [0.717, 1.165) is 11.4 Å². The predicted molar refractivity (Wildman–Crippen MR) is 104 cm³/mol. The Morgan fingerprint density at radius 2 is 2.18 bits per heavy atom. The van der Waals surface area contributed by atoms with E-state index in [1.54, 1.807) is 37.2 Å². The van der Waals surface area contributed by atoms with Gasteiger partial charge < -0.3 is 19.9 Å². The predicted octanol–water partition coefficient (Wildman–Crippen LogP) is 1.09. The number of aromatic nitrogens is 4. The fourth-order valence-corrected chi connectivity index (χ4v) is 3.40. The first kappa shape index (κ1) is 18.1. The molecule has 1 atom stereocenters. The van der Waals surface area contributed by atoms with Crippen molar-refractivity contribution in [3.63, 3.8) is 0 Å². The molecule has 3 heterocycles. The summed E-state index contributed by atoms with van der Waals surface area (Å²) in [6.07, 6.45) is 10.8. The zero-order valence-corrected chi connectivity index (χ0v) is 15.4. The highest BCUT2D eigenvalue weighted by molar-refractivity contribution is 5.94. The molecule has 28 heavy (non-hydrogen) atoms. The fourth-order valence-electron chi connectivity index (χ4n) is 3.40. The molecule has 0 spiro atoms. The second-order valence-electron chi connectivity index (χ2n) is 7.08. The van der Waals surface area contributed by atoms with E-state index < -0.39 is 5.60 Å². The van der Waals surface area contributed by atoms with Crippen molar-refractivity contribution in [2.75, 3.05) is 24.5 Å². The van der Waals surface area contributed by atoms with Gasteiger partial charge in [0.2, 0.25) is 0 Å². The van der Waals surface area contributed by atoms with Gasteiger partial charge in [-0.25, -0.2) is 9.97 Å². The minimum Gasteiger partial charge on any atom is -0.386 e. The van der Waals surface area contributed by atoms with Crippen LogP contribution in [0.1, 0.15) is 22.3 Å². The van der Waals surface area contributed by atoms with Crippen molar-refractivity contribution in [2.45, 2.75) is 18.6 Å². The lowest BCUT2D eigenvalue weighted by molar-refractivity contribution is 0.0575. The molecule has 2 N–H and O–H groups in total. The molecule has 1 aromatic carbocycles. The minimum absolute atomic E-state index is 0.189. The smallest absolute Gasteiger partial charge is 0.251 e. The van der Waals surface area contributed by atoms with Gasteiger partial charge in [0, 0.05) is 56.5 Å². The van der Waals surface area contributed by atoms with Gasteiger partial charge in [0.25, 0.3) is 5.91 Å². The third-order valence-corrected chi connectivity index (χ3v) is 4.90. The summed E-state index contributed by atoms with van der Waals surface area (Å²) in [5, 5.41) is 13.7. The highest BCUT2D eigenvalue weighted by Gasteiger charge is 2.37. The lowest BCUT2D eigenvalue weighted by Crippen LogP contribution is -2.45. The monoisotopic (exact) mass is 378 g/mol. The topological polar surface area (TPSA) is 96.2 Å². The normalized spacial score (nSPS) is 19.0. The molecular formula is C20H22N6O2. The number of carbonyl (C=O) groups excluding carboxylic acids is 1. The van der Waals surface area contributed by atoms with E-state index >= 15 is 0 Å². The second-order valence-corrected chi connectivity index (χ2v) is 7.08. The Bertz CT molecular complexity index is 931. The summed E-state index contributed by atoms with van der Waals surface area (Å²) in [6.45, 7) is 1.92. The molecule has 144 valence electrons. The van der Waals surface area contributed by atoms with E-state index in [9.17, 15) is 9.90 Å². The number of imidazole rings is 1. The van der Waals surface area contributed by atoms with Crippen molar-refractivity contribution >= 4 is 11.7 Å². The van der Waals surface area contributed by atoms with Crippen molar-refractivity contribution in [1.82, 2.24) is 24.8 Å². The maximum absolute atomic E-state index is 12.6. The van der Waals surface area contributed by atoms with Gasteiger partial charge in [0.05, 0.1) is 12.5 Å². The first-order chi connectivity index (χ1) is 13.6. The van der Waals surface area contributed by atoms with Gasteiger partial charge >= 0.3 is 0 Å². The standard InChI is InChI=1S/C20H22N6O2/c27-19(17-3-1-2-16(10-17)12-25-9-7-22-15-25)24-13-20(28)4-8-26(14-20)18-11-21-5-6-23-18/h1-3,5-7,9-11,15,28H,4,8,12-14H2,(H,24,27). The van der Waals surface area contributed by atoms with Gasteiger partial charge in [-0.2, -0.15) is 0 Å². The van der Waals surface area contributed by atoms with Crippen molar-refractivity contribution in [3.8, 4) is 0 Å². The van der Waals surface area contributed by atoms with Crippen LogP contribution < -0.4 is 10.2 Å². The quantitative estimate of drug-likeness (QED) is 0.667. The van der Waals surface area contributed by atoms with Crippen molar-refractivity contribution in [2.24, 2.45) is 0 Å². The number of amides is 1. The van der Waals surface area contributed by atoms with Crippen LogP contribution in [0.5, 0.6) is 0 Å². The first-order valence-electron chi connectivity index (χ1n) is 9.18. The Morgan fingerprint density at radius 1 is 1.25 bits per heavy atom. The zero-order valence-electron chi connectivity index (χ0n) is 15.4. The summed E-state index contributed by atoms with van der Waals surface area (Å²) in [6, 6.07) is 7.47. The van der Waals surface area contributed by atoms with Gasteiger partial charge in [0.15, 0.2) is 0 Å². The first-order valence-corrected chi connectivity index (χ1v) is 9.18. The summed E-state index contributed by atoms with van der Waals surface area (Å²) < 4.78 is 1.94. The third-order valence-electron chi connectivity index (χ3n) is 4.90. The molecule has 1 aliphatic rings. The van der Waals surface area contributed by atoms with Crippen LogP contribution in [0.25, 0.3) is 0 Å². The lowest BCUT2D eigenvalue weighted by Gasteiger charge is -2.24. The number of benzene rings is 1. The number of β-amino-alcohol motifs (C(OH)–C–C–N with tert-alkyl or cyclic N) is 1. The van der Waals surface area contributed by atoms with Crippen molar-refractivity contribution in [3.05, 3.63) is 72.7 Å². The largest absolute Gasteiger partial charge is 0.386 e. The average Bonchev–Trinajstić information content (AvgIpc) is 3.37. The Hall–Kier alpha value is -3.26. The number of nitrogens with zero attached hydrogens (tertiary/aromatic N) is 5. The van der Waals surface area contributed by atoms with E-state index in [-0.39, 0.29) is 12.5 Å². The maximum Gasteiger partial charge on any atom is 0.251 e. The molecule has 8 heteroatoms. The molecule has 2 aromatic heterocycles. The van der Waals surface area contributed by atoms with E-state index in [1.807, 2.05) is 33.9 Å². The molecule has 1 unspecified atom stereocenters. The number of nitrogens with one attached hydrogen (secondary N) is 1. The molecule has 0 aliphatic carbocycles. The lowest BCUT2D eigenvalue weighted by atomic mass is 10.0. The number of aliphatic hydroxyl groups is 1. The van der Waals surface area contributed by atoms with Crippen LogP contribution in [0, 0.1) is 0 Å². The summed E-state index contributed by atoms with van der Waals surface area (Å²) >= 11 is 0. The van der Waals surface area contributed by atoms with Crippen LogP contribution in [0.3, 0.4) is 0 Å². The number of hydrogen-bond acceptors (Lipinski definition) is 6. The molecular weight excluding hydrogens is 356 g/mol. The van der Waals surface area contributed by atoms with E-state index in [0.29, 0.717) is 31.6 Å². The molecule has 1 saturated heterocycles. The number of hydrogen-bond donors (Lipinski definition) is 2. The number of anilines is 1. The Kier molecular flexibility index (Phi) is 5.03. The van der Waals surface area contributed by atoms with Crippen LogP contribution >= 0.6 is 0 Å². The molecule has 0 saturated carbocycles. The molecule has 1 amide bonds. The summed E-state index contributed by atoms with van der Waals surface area (Å²) in [5.74, 6) is 0.538. The Morgan fingerprint density at radius 3 is 2.96 bits per heavy atom. The maximum atomic E-state index is 12.6. The molecule has 0 radical (unpaired) electrons. The number of carbonyl (C=O) groups is 1. The van der Waals surface area contributed by atoms with Crippen LogP contribution in [0.4, 0.5) is 5.82 Å². The van der Waals surface area contributed by atoms with Gasteiger partial charge in [-0.3, -0.25) is 9.78 Å². The minimum atomic E-state index is -0.985. The SMILES string of the molecule is O=C(NCC1(O)CCN(c2cnccn2)C1)c1cccc(Cn2ccnc2)c1. The van der Waals surface area contributed by atoms with Crippen LogP contribution in [-0.2, 0) is 6.54 Å². The van der Waals surface area contributed by atoms with Gasteiger partial charge in [-0.1, -0.05) is 12.1 Å². The second kappa shape index (κ2) is 7.77. The van der Waals surface area contributed by atoms with Crippen LogP contribution in [0.15, 0.2) is 61.6 Å². The highest BCUT2D eigenvalue weighted by atomic mass is 16.3. The highest BCUT2D eigenvalue weighted by Crippen LogP contribution is 2.24. The van der Waals surface area contributed by atoms with Gasteiger partial charge in [-0.05, 0) is 24.1 Å². The van der Waals surface area contributed by atoms with E-state index in [1.165, 1.54) is 0 Å². The van der Waals surface area contributed by atoms with Gasteiger partial charge in [-0.15, -0.1) is 0 Å². The third kappa shape index (κ3) is 4.17.